The van der Waals surface area contributed by atoms with Gasteiger partial charge in [-0.25, -0.2) is 4.39 Å². The van der Waals surface area contributed by atoms with Crippen molar-refractivity contribution in [2.45, 2.75) is 6.54 Å². The third kappa shape index (κ3) is 3.34. The summed E-state index contributed by atoms with van der Waals surface area (Å²) in [4.78, 5) is 4.50. The zero-order chi connectivity index (χ0) is 14.7. The molecule has 0 bridgehead atoms. The van der Waals surface area contributed by atoms with Gasteiger partial charge in [-0.2, -0.15) is 0 Å². The van der Waals surface area contributed by atoms with Crippen LogP contribution in [0.1, 0.15) is 5.56 Å². The summed E-state index contributed by atoms with van der Waals surface area (Å²) in [5.74, 6) is -0.230. The Hall–Kier alpha value is -2.07. The normalized spacial score (nSPS) is 16.1. The minimum Gasteiger partial charge on any atom is -0.399 e. The topological polar surface area (TPSA) is 32.5 Å². The first kappa shape index (κ1) is 13.9. The van der Waals surface area contributed by atoms with Crippen molar-refractivity contribution in [3.05, 3.63) is 59.9 Å². The first-order valence-corrected chi connectivity index (χ1v) is 7.28. The molecule has 0 unspecified atom stereocenters. The van der Waals surface area contributed by atoms with E-state index in [0.29, 0.717) is 11.4 Å². The van der Waals surface area contributed by atoms with E-state index >= 15 is 0 Å². The van der Waals surface area contributed by atoms with Gasteiger partial charge in [0.2, 0.25) is 0 Å². The number of piperazine rings is 1. The van der Waals surface area contributed by atoms with Crippen molar-refractivity contribution >= 4 is 11.4 Å². The minimum atomic E-state index is -0.230. The summed E-state index contributed by atoms with van der Waals surface area (Å²) in [7, 11) is 0. The second-order valence-corrected chi connectivity index (χ2v) is 5.46. The molecule has 1 heterocycles. The van der Waals surface area contributed by atoms with Crippen LogP contribution in [0.3, 0.4) is 0 Å². The van der Waals surface area contributed by atoms with Crippen molar-refractivity contribution in [1.29, 1.82) is 0 Å². The average Bonchev–Trinajstić information content (AvgIpc) is 2.49. The van der Waals surface area contributed by atoms with Crippen LogP contribution in [0.2, 0.25) is 0 Å². The molecule has 2 aromatic rings. The molecule has 0 aromatic heterocycles. The summed E-state index contributed by atoms with van der Waals surface area (Å²) in [6.45, 7) is 4.53. The van der Waals surface area contributed by atoms with E-state index in [-0.39, 0.29) is 5.82 Å². The van der Waals surface area contributed by atoms with Crippen LogP contribution >= 0.6 is 0 Å². The average molecular weight is 285 g/mol. The molecule has 1 aliphatic heterocycles. The van der Waals surface area contributed by atoms with Gasteiger partial charge in [0.1, 0.15) is 5.82 Å². The van der Waals surface area contributed by atoms with Gasteiger partial charge < -0.3 is 10.6 Å². The van der Waals surface area contributed by atoms with Gasteiger partial charge in [-0.05, 0) is 23.8 Å². The van der Waals surface area contributed by atoms with E-state index in [1.807, 2.05) is 6.07 Å². The second-order valence-electron chi connectivity index (χ2n) is 5.46. The monoisotopic (exact) mass is 285 g/mol. The molecule has 0 radical (unpaired) electrons. The fraction of sp³-hybridized carbons (Fsp3) is 0.294. The van der Waals surface area contributed by atoms with E-state index in [9.17, 15) is 4.39 Å². The SMILES string of the molecule is Nc1ccc(N2CCN(Cc3ccccc3)CC2)c(F)c1. The second kappa shape index (κ2) is 6.14. The molecule has 1 aliphatic rings. The lowest BCUT2D eigenvalue weighted by molar-refractivity contribution is 0.249. The lowest BCUT2D eigenvalue weighted by Gasteiger charge is -2.36. The molecule has 2 aromatic carbocycles. The fourth-order valence-electron chi connectivity index (χ4n) is 2.77. The van der Waals surface area contributed by atoms with Crippen molar-refractivity contribution in [2.24, 2.45) is 0 Å². The number of hydrogen-bond donors (Lipinski definition) is 1. The molecule has 110 valence electrons. The third-order valence-corrected chi connectivity index (χ3v) is 3.93. The molecule has 0 spiro atoms. The van der Waals surface area contributed by atoms with E-state index in [0.717, 1.165) is 32.7 Å². The molecular formula is C17H20FN3. The molecule has 0 aliphatic carbocycles. The van der Waals surface area contributed by atoms with Gasteiger partial charge in [0.05, 0.1) is 5.69 Å². The Bertz CT molecular complexity index is 592. The van der Waals surface area contributed by atoms with Crippen LogP contribution in [0.15, 0.2) is 48.5 Å². The number of nitrogen functional groups attached to an aromatic ring is 1. The van der Waals surface area contributed by atoms with Crippen LogP contribution in [0.4, 0.5) is 15.8 Å². The Kier molecular flexibility index (Phi) is 4.06. The van der Waals surface area contributed by atoms with Crippen LogP contribution in [-0.2, 0) is 6.54 Å². The van der Waals surface area contributed by atoms with Gasteiger partial charge in [-0.15, -0.1) is 0 Å². The maximum absolute atomic E-state index is 13.9. The van der Waals surface area contributed by atoms with Gasteiger partial charge in [0.15, 0.2) is 0 Å². The summed E-state index contributed by atoms with van der Waals surface area (Å²) in [6, 6.07) is 15.4. The molecule has 1 fully saturated rings. The molecule has 0 saturated carbocycles. The molecular weight excluding hydrogens is 265 g/mol. The van der Waals surface area contributed by atoms with Crippen LogP contribution in [0.25, 0.3) is 0 Å². The summed E-state index contributed by atoms with van der Waals surface area (Å²) >= 11 is 0. The maximum atomic E-state index is 13.9. The number of benzene rings is 2. The molecule has 1 saturated heterocycles. The maximum Gasteiger partial charge on any atom is 0.148 e. The summed E-state index contributed by atoms with van der Waals surface area (Å²) < 4.78 is 13.9. The lowest BCUT2D eigenvalue weighted by atomic mass is 10.2. The highest BCUT2D eigenvalue weighted by Gasteiger charge is 2.19. The Morgan fingerprint density at radius 3 is 2.33 bits per heavy atom. The summed E-state index contributed by atoms with van der Waals surface area (Å²) in [5.41, 5.74) is 8.05. The lowest BCUT2D eigenvalue weighted by Crippen LogP contribution is -2.46. The van der Waals surface area contributed by atoms with Crippen molar-refractivity contribution in [1.82, 2.24) is 4.90 Å². The fourth-order valence-corrected chi connectivity index (χ4v) is 2.77. The Morgan fingerprint density at radius 1 is 0.952 bits per heavy atom. The number of nitrogens with zero attached hydrogens (tertiary/aromatic N) is 2. The molecule has 3 nitrogen and oxygen atoms in total. The van der Waals surface area contributed by atoms with Crippen molar-refractivity contribution < 1.29 is 4.39 Å². The number of nitrogens with two attached hydrogens (primary N) is 1. The predicted octanol–water partition coefficient (Wildman–Crippen LogP) is 2.73. The molecule has 4 heteroatoms. The quantitative estimate of drug-likeness (QED) is 0.880. The Morgan fingerprint density at radius 2 is 1.67 bits per heavy atom. The highest BCUT2D eigenvalue weighted by Crippen LogP contribution is 2.23. The van der Waals surface area contributed by atoms with Crippen LogP contribution in [0, 0.1) is 5.82 Å². The zero-order valence-electron chi connectivity index (χ0n) is 12.0. The van der Waals surface area contributed by atoms with E-state index in [2.05, 4.69) is 34.1 Å². The van der Waals surface area contributed by atoms with E-state index in [1.165, 1.54) is 11.6 Å². The van der Waals surface area contributed by atoms with E-state index < -0.39 is 0 Å². The Balaban J connectivity index is 1.60. The van der Waals surface area contributed by atoms with Gasteiger partial charge in [0.25, 0.3) is 0 Å². The minimum absolute atomic E-state index is 0.230. The predicted molar refractivity (Wildman–Crippen MR) is 84.7 cm³/mol. The molecule has 2 N–H and O–H groups in total. The largest absolute Gasteiger partial charge is 0.399 e. The molecule has 21 heavy (non-hydrogen) atoms. The van der Waals surface area contributed by atoms with Crippen LogP contribution < -0.4 is 10.6 Å². The molecule has 3 rings (SSSR count). The number of halogens is 1. The standard InChI is InChI=1S/C17H20FN3/c18-16-12-15(19)6-7-17(16)21-10-8-20(9-11-21)13-14-4-2-1-3-5-14/h1-7,12H,8-11,13,19H2. The Labute approximate surface area is 124 Å². The molecule has 0 amide bonds. The highest BCUT2D eigenvalue weighted by molar-refractivity contribution is 5.54. The summed E-state index contributed by atoms with van der Waals surface area (Å²) in [6.07, 6.45) is 0. The number of hydrogen-bond acceptors (Lipinski definition) is 3. The van der Waals surface area contributed by atoms with E-state index in [1.54, 1.807) is 12.1 Å². The molecule has 0 atom stereocenters. The highest BCUT2D eigenvalue weighted by atomic mass is 19.1. The van der Waals surface area contributed by atoms with Gasteiger partial charge in [-0.1, -0.05) is 30.3 Å². The first-order chi connectivity index (χ1) is 10.2. The van der Waals surface area contributed by atoms with Gasteiger partial charge >= 0.3 is 0 Å². The van der Waals surface area contributed by atoms with Gasteiger partial charge in [0, 0.05) is 38.4 Å². The van der Waals surface area contributed by atoms with Crippen molar-refractivity contribution in [3.8, 4) is 0 Å². The smallest absolute Gasteiger partial charge is 0.148 e. The number of rotatable bonds is 3. The summed E-state index contributed by atoms with van der Waals surface area (Å²) in [5, 5.41) is 0. The van der Waals surface area contributed by atoms with Crippen molar-refractivity contribution in [3.63, 3.8) is 0 Å². The first-order valence-electron chi connectivity index (χ1n) is 7.28. The zero-order valence-corrected chi connectivity index (χ0v) is 12.0. The van der Waals surface area contributed by atoms with Crippen molar-refractivity contribution in [2.75, 3.05) is 36.8 Å². The number of anilines is 2. The van der Waals surface area contributed by atoms with E-state index in [4.69, 9.17) is 5.73 Å². The van der Waals surface area contributed by atoms with Gasteiger partial charge in [-0.3, -0.25) is 4.90 Å². The van der Waals surface area contributed by atoms with Crippen LogP contribution in [-0.4, -0.2) is 31.1 Å². The third-order valence-electron chi connectivity index (χ3n) is 3.93. The van der Waals surface area contributed by atoms with Crippen LogP contribution in [0.5, 0.6) is 0 Å².